The lowest BCUT2D eigenvalue weighted by Crippen LogP contribution is -2.04. The molecule has 2 aromatic heterocycles. The van der Waals surface area contributed by atoms with Gasteiger partial charge in [-0.1, -0.05) is 12.1 Å². The van der Waals surface area contributed by atoms with E-state index < -0.39 is 0 Å². The SMILES string of the molecule is CCOc1nc(-n2cncn2)c2ccccc2n1. The second-order valence-electron chi connectivity index (χ2n) is 3.62. The van der Waals surface area contributed by atoms with Crippen molar-refractivity contribution >= 4 is 10.9 Å². The van der Waals surface area contributed by atoms with Gasteiger partial charge in [0.2, 0.25) is 0 Å². The first-order valence-corrected chi connectivity index (χ1v) is 5.63. The lowest BCUT2D eigenvalue weighted by molar-refractivity contribution is 0.313. The molecule has 0 aliphatic carbocycles. The lowest BCUT2D eigenvalue weighted by atomic mass is 10.2. The molecule has 0 fully saturated rings. The standard InChI is InChI=1S/C12H11N5O/c1-2-18-12-15-10-6-4-3-5-9(10)11(16-12)17-8-13-7-14-17/h3-8H,2H2,1H3. The van der Waals surface area contributed by atoms with Crippen LogP contribution < -0.4 is 4.74 Å². The third kappa shape index (κ3) is 1.77. The van der Waals surface area contributed by atoms with E-state index in [1.165, 1.54) is 6.33 Å². The third-order valence-corrected chi connectivity index (χ3v) is 2.47. The molecule has 0 aliphatic rings. The minimum Gasteiger partial charge on any atom is -0.464 e. The summed E-state index contributed by atoms with van der Waals surface area (Å²) < 4.78 is 6.97. The fourth-order valence-corrected chi connectivity index (χ4v) is 1.72. The summed E-state index contributed by atoms with van der Waals surface area (Å²) in [5.41, 5.74) is 0.821. The highest BCUT2D eigenvalue weighted by Crippen LogP contribution is 2.20. The Labute approximate surface area is 103 Å². The van der Waals surface area contributed by atoms with Crippen LogP contribution >= 0.6 is 0 Å². The fourth-order valence-electron chi connectivity index (χ4n) is 1.72. The number of ether oxygens (including phenoxy) is 1. The molecular formula is C12H11N5O. The van der Waals surface area contributed by atoms with Gasteiger partial charge in [0.25, 0.3) is 0 Å². The predicted molar refractivity (Wildman–Crippen MR) is 65.6 cm³/mol. The van der Waals surface area contributed by atoms with Crippen molar-refractivity contribution in [2.45, 2.75) is 6.92 Å². The average Bonchev–Trinajstić information content (AvgIpc) is 2.92. The molecule has 90 valence electrons. The number of fused-ring (bicyclic) bond motifs is 1. The van der Waals surface area contributed by atoms with Crippen LogP contribution in [0.3, 0.4) is 0 Å². The highest BCUT2D eigenvalue weighted by atomic mass is 16.5. The van der Waals surface area contributed by atoms with Crippen molar-refractivity contribution < 1.29 is 4.74 Å². The molecule has 0 amide bonds. The summed E-state index contributed by atoms with van der Waals surface area (Å²) in [7, 11) is 0. The van der Waals surface area contributed by atoms with E-state index in [1.807, 2.05) is 31.2 Å². The van der Waals surface area contributed by atoms with Gasteiger partial charge >= 0.3 is 6.01 Å². The minimum absolute atomic E-state index is 0.349. The third-order valence-electron chi connectivity index (χ3n) is 2.47. The van der Waals surface area contributed by atoms with E-state index in [0.717, 1.165) is 10.9 Å². The Morgan fingerprint density at radius 2 is 2.11 bits per heavy atom. The van der Waals surface area contributed by atoms with Crippen molar-refractivity contribution in [1.82, 2.24) is 24.7 Å². The number of hydrogen-bond donors (Lipinski definition) is 0. The molecular weight excluding hydrogens is 230 g/mol. The number of para-hydroxylation sites is 1. The summed E-state index contributed by atoms with van der Waals surface area (Å²) in [6, 6.07) is 8.08. The van der Waals surface area contributed by atoms with Crippen LogP contribution in [0.1, 0.15) is 6.92 Å². The first-order valence-electron chi connectivity index (χ1n) is 5.63. The molecule has 2 heterocycles. The van der Waals surface area contributed by atoms with E-state index in [9.17, 15) is 0 Å². The Morgan fingerprint density at radius 1 is 1.22 bits per heavy atom. The van der Waals surface area contributed by atoms with E-state index >= 15 is 0 Å². The van der Waals surface area contributed by atoms with Crippen LogP contribution in [0.4, 0.5) is 0 Å². The van der Waals surface area contributed by atoms with Gasteiger partial charge in [-0.25, -0.2) is 9.67 Å². The summed E-state index contributed by atoms with van der Waals surface area (Å²) in [5, 5.41) is 5.01. The Kier molecular flexibility index (Phi) is 2.60. The van der Waals surface area contributed by atoms with Crippen molar-refractivity contribution in [2.75, 3.05) is 6.61 Å². The van der Waals surface area contributed by atoms with Gasteiger partial charge in [-0.15, -0.1) is 0 Å². The quantitative estimate of drug-likeness (QED) is 0.697. The molecule has 0 saturated carbocycles. The maximum Gasteiger partial charge on any atom is 0.319 e. The normalized spacial score (nSPS) is 10.7. The molecule has 6 heteroatoms. The van der Waals surface area contributed by atoms with Crippen LogP contribution in [0.2, 0.25) is 0 Å². The summed E-state index contributed by atoms with van der Waals surface area (Å²) >= 11 is 0. The zero-order valence-electron chi connectivity index (χ0n) is 9.82. The summed E-state index contributed by atoms with van der Waals surface area (Å²) in [5.74, 6) is 0.668. The number of rotatable bonds is 3. The second-order valence-corrected chi connectivity index (χ2v) is 3.62. The Balaban J connectivity index is 2.27. The number of nitrogens with zero attached hydrogens (tertiary/aromatic N) is 5. The first kappa shape index (κ1) is 10.6. The Hall–Kier alpha value is -2.50. The number of benzene rings is 1. The predicted octanol–water partition coefficient (Wildman–Crippen LogP) is 1.61. The molecule has 6 nitrogen and oxygen atoms in total. The van der Waals surface area contributed by atoms with Crippen LogP contribution in [-0.2, 0) is 0 Å². The maximum absolute atomic E-state index is 5.37. The molecule has 0 N–H and O–H groups in total. The summed E-state index contributed by atoms with van der Waals surface area (Å²) in [6.07, 6.45) is 3.07. The molecule has 0 bridgehead atoms. The first-order chi connectivity index (χ1) is 8.88. The van der Waals surface area contributed by atoms with Gasteiger partial charge < -0.3 is 4.74 Å². The monoisotopic (exact) mass is 241 g/mol. The Morgan fingerprint density at radius 3 is 2.89 bits per heavy atom. The van der Waals surface area contributed by atoms with Crippen molar-refractivity contribution in [3.05, 3.63) is 36.9 Å². The van der Waals surface area contributed by atoms with E-state index in [4.69, 9.17) is 4.74 Å². The van der Waals surface area contributed by atoms with Crippen LogP contribution in [0.25, 0.3) is 16.7 Å². The number of aromatic nitrogens is 5. The molecule has 0 aliphatic heterocycles. The molecule has 18 heavy (non-hydrogen) atoms. The van der Waals surface area contributed by atoms with Gasteiger partial charge in [0.05, 0.1) is 12.1 Å². The summed E-state index contributed by atoms with van der Waals surface area (Å²) in [4.78, 5) is 12.6. The average molecular weight is 241 g/mol. The van der Waals surface area contributed by atoms with Gasteiger partial charge in [0.1, 0.15) is 12.7 Å². The van der Waals surface area contributed by atoms with Crippen molar-refractivity contribution in [1.29, 1.82) is 0 Å². The van der Waals surface area contributed by atoms with Gasteiger partial charge in [-0.2, -0.15) is 15.1 Å². The van der Waals surface area contributed by atoms with Gasteiger partial charge in [0.15, 0.2) is 5.82 Å². The van der Waals surface area contributed by atoms with E-state index in [-0.39, 0.29) is 0 Å². The molecule has 0 atom stereocenters. The van der Waals surface area contributed by atoms with Crippen LogP contribution in [-0.4, -0.2) is 31.3 Å². The zero-order chi connectivity index (χ0) is 12.4. The Bertz CT molecular complexity index is 665. The van der Waals surface area contributed by atoms with Crippen molar-refractivity contribution in [3.8, 4) is 11.8 Å². The van der Waals surface area contributed by atoms with Crippen molar-refractivity contribution in [3.63, 3.8) is 0 Å². The van der Waals surface area contributed by atoms with Crippen LogP contribution in [0, 0.1) is 0 Å². The van der Waals surface area contributed by atoms with Gasteiger partial charge in [-0.3, -0.25) is 0 Å². The smallest absolute Gasteiger partial charge is 0.319 e. The fraction of sp³-hybridized carbons (Fsp3) is 0.167. The van der Waals surface area contributed by atoms with E-state index in [0.29, 0.717) is 18.4 Å². The summed E-state index contributed by atoms with van der Waals surface area (Å²) in [6.45, 7) is 2.42. The zero-order valence-corrected chi connectivity index (χ0v) is 9.82. The molecule has 3 rings (SSSR count). The van der Waals surface area contributed by atoms with Gasteiger partial charge in [-0.05, 0) is 19.1 Å². The van der Waals surface area contributed by atoms with E-state index in [2.05, 4.69) is 20.1 Å². The molecule has 0 saturated heterocycles. The maximum atomic E-state index is 5.37. The topological polar surface area (TPSA) is 65.7 Å². The molecule has 3 aromatic rings. The van der Waals surface area contributed by atoms with Crippen molar-refractivity contribution in [2.24, 2.45) is 0 Å². The van der Waals surface area contributed by atoms with Crippen LogP contribution in [0.5, 0.6) is 6.01 Å². The van der Waals surface area contributed by atoms with E-state index in [1.54, 1.807) is 11.0 Å². The molecule has 0 spiro atoms. The van der Waals surface area contributed by atoms with Crippen LogP contribution in [0.15, 0.2) is 36.9 Å². The second kappa shape index (κ2) is 4.40. The van der Waals surface area contributed by atoms with Gasteiger partial charge in [0, 0.05) is 5.39 Å². The number of hydrogen-bond acceptors (Lipinski definition) is 5. The molecule has 0 radical (unpaired) electrons. The largest absolute Gasteiger partial charge is 0.464 e. The molecule has 0 unspecified atom stereocenters. The minimum atomic E-state index is 0.349. The highest BCUT2D eigenvalue weighted by molar-refractivity contribution is 5.85. The lowest BCUT2D eigenvalue weighted by Gasteiger charge is -2.07. The highest BCUT2D eigenvalue weighted by Gasteiger charge is 2.10. The molecule has 1 aromatic carbocycles.